The second kappa shape index (κ2) is 5.81. The van der Waals surface area contributed by atoms with Crippen molar-refractivity contribution in [1.82, 2.24) is 9.97 Å². The second-order valence-electron chi connectivity index (χ2n) is 5.17. The normalized spacial score (nSPS) is 17.7. The van der Waals surface area contributed by atoms with Crippen LogP contribution in [0, 0.1) is 0 Å². The van der Waals surface area contributed by atoms with Crippen LogP contribution in [0.1, 0.15) is 36.1 Å². The Morgan fingerprint density at radius 3 is 3.10 bits per heavy atom. The van der Waals surface area contributed by atoms with Gasteiger partial charge in [-0.25, -0.2) is 9.97 Å². The van der Waals surface area contributed by atoms with E-state index >= 15 is 0 Å². The summed E-state index contributed by atoms with van der Waals surface area (Å²) in [6, 6.07) is 0. The lowest BCUT2D eigenvalue weighted by molar-refractivity contribution is -0.137. The third-order valence-electron chi connectivity index (χ3n) is 3.75. The first-order chi connectivity index (χ1) is 10.1. The number of thioether (sulfide) groups is 1. The van der Waals surface area contributed by atoms with Crippen molar-refractivity contribution in [3.63, 3.8) is 0 Å². The number of methoxy groups -OCH3 is 1. The number of hydrogen-bond acceptors (Lipinski definition) is 7. The molecule has 0 radical (unpaired) electrons. The Kier molecular flexibility index (Phi) is 4.03. The molecule has 0 unspecified atom stereocenters. The highest BCUT2D eigenvalue weighted by Gasteiger charge is 2.25. The number of rotatable bonds is 3. The molecule has 2 N–H and O–H groups in total. The highest BCUT2D eigenvalue weighted by atomic mass is 32.2. The summed E-state index contributed by atoms with van der Waals surface area (Å²) in [7, 11) is 1.37. The molecule has 7 heteroatoms. The number of esters is 1. The van der Waals surface area contributed by atoms with E-state index in [-0.39, 0.29) is 11.7 Å². The molecule has 0 fully saturated rings. The van der Waals surface area contributed by atoms with Crippen LogP contribution in [0.25, 0.3) is 10.2 Å². The monoisotopic (exact) mass is 323 g/mol. The minimum Gasteiger partial charge on any atom is -0.468 e. The lowest BCUT2D eigenvalue weighted by Crippen LogP contribution is -2.06. The van der Waals surface area contributed by atoms with Gasteiger partial charge in [0.1, 0.15) is 10.6 Å². The van der Waals surface area contributed by atoms with Crippen molar-refractivity contribution in [2.75, 3.05) is 18.6 Å². The molecule has 21 heavy (non-hydrogen) atoms. The molecule has 0 amide bonds. The number of thiophene rings is 1. The Morgan fingerprint density at radius 2 is 2.33 bits per heavy atom. The van der Waals surface area contributed by atoms with Crippen LogP contribution in [0.3, 0.4) is 0 Å². The molecule has 0 saturated carbocycles. The predicted molar refractivity (Wildman–Crippen MR) is 85.9 cm³/mol. The van der Waals surface area contributed by atoms with E-state index in [0.717, 1.165) is 16.6 Å². The smallest absolute Gasteiger partial charge is 0.316 e. The molecule has 0 saturated heterocycles. The fraction of sp³-hybridized carbons (Fsp3) is 0.500. The number of anilines is 1. The van der Waals surface area contributed by atoms with Gasteiger partial charge in [0, 0.05) is 4.88 Å². The first-order valence-electron chi connectivity index (χ1n) is 6.88. The van der Waals surface area contributed by atoms with Crippen molar-refractivity contribution < 1.29 is 9.53 Å². The van der Waals surface area contributed by atoms with Gasteiger partial charge in [0.2, 0.25) is 0 Å². The standard InChI is InChI=1S/C14H17N3O2S2/c1-7-4-3-5-8-10(7)11-12(15)16-14(17-13(11)21-8)20-6-9(18)19-2/h7H,3-6H2,1-2H3,(H2,15,16,17)/t7-/m0/s1. The van der Waals surface area contributed by atoms with Gasteiger partial charge in [-0.15, -0.1) is 11.3 Å². The molecule has 0 bridgehead atoms. The molecule has 2 aromatic heterocycles. The van der Waals surface area contributed by atoms with Gasteiger partial charge in [-0.05, 0) is 30.7 Å². The molecule has 5 nitrogen and oxygen atoms in total. The van der Waals surface area contributed by atoms with Gasteiger partial charge in [0.25, 0.3) is 0 Å². The highest BCUT2D eigenvalue weighted by Crippen LogP contribution is 2.43. The van der Waals surface area contributed by atoms with Crippen molar-refractivity contribution in [3.8, 4) is 0 Å². The summed E-state index contributed by atoms with van der Waals surface area (Å²) in [5.74, 6) is 0.949. The number of ether oxygens (including phenoxy) is 1. The molecular weight excluding hydrogens is 306 g/mol. The predicted octanol–water partition coefficient (Wildman–Crippen LogP) is 2.98. The summed E-state index contributed by atoms with van der Waals surface area (Å²) >= 11 is 2.97. The zero-order chi connectivity index (χ0) is 15.0. The summed E-state index contributed by atoms with van der Waals surface area (Å²) in [6.45, 7) is 2.24. The third kappa shape index (κ3) is 2.72. The van der Waals surface area contributed by atoms with Crippen LogP contribution in [0.5, 0.6) is 0 Å². The zero-order valence-electron chi connectivity index (χ0n) is 12.0. The fourth-order valence-electron chi connectivity index (χ4n) is 2.74. The van der Waals surface area contributed by atoms with E-state index in [2.05, 4.69) is 21.6 Å². The average molecular weight is 323 g/mol. The van der Waals surface area contributed by atoms with Gasteiger partial charge in [0.15, 0.2) is 5.16 Å². The number of hydrogen-bond donors (Lipinski definition) is 1. The van der Waals surface area contributed by atoms with Gasteiger partial charge in [-0.2, -0.15) is 0 Å². The Morgan fingerprint density at radius 1 is 1.52 bits per heavy atom. The molecule has 3 rings (SSSR count). The Labute approximate surface area is 131 Å². The van der Waals surface area contributed by atoms with E-state index in [1.165, 1.54) is 42.2 Å². The largest absolute Gasteiger partial charge is 0.468 e. The average Bonchev–Trinajstić information content (AvgIpc) is 2.84. The van der Waals surface area contributed by atoms with Gasteiger partial charge in [-0.3, -0.25) is 4.79 Å². The molecule has 0 spiro atoms. The molecule has 0 aliphatic heterocycles. The first kappa shape index (κ1) is 14.6. The van der Waals surface area contributed by atoms with Crippen LogP contribution in [0.2, 0.25) is 0 Å². The van der Waals surface area contributed by atoms with Crippen molar-refractivity contribution in [3.05, 3.63) is 10.4 Å². The van der Waals surface area contributed by atoms with E-state index in [4.69, 9.17) is 5.73 Å². The van der Waals surface area contributed by atoms with E-state index in [9.17, 15) is 4.79 Å². The summed E-state index contributed by atoms with van der Waals surface area (Å²) in [6.07, 6.45) is 3.51. The van der Waals surface area contributed by atoms with Gasteiger partial charge in [-0.1, -0.05) is 18.7 Å². The number of carbonyl (C=O) groups is 1. The lowest BCUT2D eigenvalue weighted by Gasteiger charge is -2.18. The third-order valence-corrected chi connectivity index (χ3v) is 5.73. The number of nitrogens with two attached hydrogens (primary N) is 1. The Bertz CT molecular complexity index is 699. The number of fused-ring (bicyclic) bond motifs is 3. The van der Waals surface area contributed by atoms with E-state index < -0.39 is 0 Å². The van der Waals surface area contributed by atoms with Crippen molar-refractivity contribution >= 4 is 45.1 Å². The van der Waals surface area contributed by atoms with Crippen LogP contribution in [-0.2, 0) is 16.0 Å². The highest BCUT2D eigenvalue weighted by molar-refractivity contribution is 7.99. The fourth-order valence-corrected chi connectivity index (χ4v) is 4.82. The summed E-state index contributed by atoms with van der Waals surface area (Å²) in [5.41, 5.74) is 7.49. The summed E-state index contributed by atoms with van der Waals surface area (Å²) < 4.78 is 4.63. The second-order valence-corrected chi connectivity index (χ2v) is 7.19. The maximum atomic E-state index is 11.2. The zero-order valence-corrected chi connectivity index (χ0v) is 13.6. The quantitative estimate of drug-likeness (QED) is 0.531. The van der Waals surface area contributed by atoms with E-state index in [1.54, 1.807) is 11.3 Å². The molecule has 1 atom stereocenters. The number of nitrogens with zero attached hydrogens (tertiary/aromatic N) is 2. The number of carbonyl (C=O) groups excluding carboxylic acids is 1. The van der Waals surface area contributed by atoms with Crippen LogP contribution in [0.4, 0.5) is 5.82 Å². The molecule has 0 aromatic carbocycles. The first-order valence-corrected chi connectivity index (χ1v) is 8.68. The Hall–Kier alpha value is -1.34. The topological polar surface area (TPSA) is 78.1 Å². The van der Waals surface area contributed by atoms with Crippen molar-refractivity contribution in [2.24, 2.45) is 0 Å². The van der Waals surface area contributed by atoms with Crippen LogP contribution >= 0.6 is 23.1 Å². The van der Waals surface area contributed by atoms with Crippen LogP contribution in [-0.4, -0.2) is 28.8 Å². The molecule has 2 aromatic rings. The minimum absolute atomic E-state index is 0.197. The molecule has 1 aliphatic rings. The maximum absolute atomic E-state index is 11.2. The van der Waals surface area contributed by atoms with E-state index in [1.807, 2.05) is 0 Å². The maximum Gasteiger partial charge on any atom is 0.316 e. The summed E-state index contributed by atoms with van der Waals surface area (Å²) in [4.78, 5) is 22.5. The minimum atomic E-state index is -0.290. The van der Waals surface area contributed by atoms with Crippen molar-refractivity contribution in [2.45, 2.75) is 37.3 Å². The SMILES string of the molecule is COC(=O)CSc1nc(N)c2c3c(sc2n1)CCC[C@@H]3C. The van der Waals surface area contributed by atoms with Crippen LogP contribution in [0.15, 0.2) is 5.16 Å². The lowest BCUT2D eigenvalue weighted by atomic mass is 9.87. The van der Waals surface area contributed by atoms with Crippen molar-refractivity contribution in [1.29, 1.82) is 0 Å². The molecular formula is C14H17N3O2S2. The molecule has 2 heterocycles. The number of nitrogen functional groups attached to an aromatic ring is 1. The van der Waals surface area contributed by atoms with Gasteiger partial charge >= 0.3 is 5.97 Å². The molecule has 1 aliphatic carbocycles. The number of aryl methyl sites for hydroxylation is 1. The van der Waals surface area contributed by atoms with E-state index in [0.29, 0.717) is 16.9 Å². The van der Waals surface area contributed by atoms with Gasteiger partial charge < -0.3 is 10.5 Å². The van der Waals surface area contributed by atoms with Gasteiger partial charge in [0.05, 0.1) is 18.2 Å². The van der Waals surface area contributed by atoms with Crippen LogP contribution < -0.4 is 5.73 Å². The Balaban J connectivity index is 1.99. The number of aromatic nitrogens is 2. The molecule has 112 valence electrons. The summed E-state index contributed by atoms with van der Waals surface area (Å²) in [5, 5.41) is 1.56.